The van der Waals surface area contributed by atoms with Gasteiger partial charge in [-0.1, -0.05) is 37.1 Å². The van der Waals surface area contributed by atoms with Gasteiger partial charge in [-0.2, -0.15) is 0 Å². The van der Waals surface area contributed by atoms with Crippen LogP contribution < -0.4 is 5.32 Å². The van der Waals surface area contributed by atoms with Gasteiger partial charge < -0.3 is 5.32 Å². The van der Waals surface area contributed by atoms with Crippen LogP contribution in [0.25, 0.3) is 0 Å². The Morgan fingerprint density at radius 3 is 2.64 bits per heavy atom. The molecule has 1 aliphatic heterocycles. The molecule has 1 aliphatic rings. The van der Waals surface area contributed by atoms with Crippen LogP contribution >= 0.6 is 11.6 Å². The SMILES string of the molecule is CCCC(C)NC(=O)C1CCN(S(=O)(=O)Cc2cccc(Cl)c2)CC1. The number of piperidine rings is 1. The van der Waals surface area contributed by atoms with Crippen molar-refractivity contribution < 1.29 is 13.2 Å². The Labute approximate surface area is 155 Å². The van der Waals surface area contributed by atoms with Crippen molar-refractivity contribution in [1.82, 2.24) is 9.62 Å². The third-order valence-electron chi connectivity index (χ3n) is 4.57. The molecule has 2 rings (SSSR count). The standard InChI is InChI=1S/C18H27ClN2O3S/c1-3-5-14(2)20-18(22)16-8-10-21(11-9-16)25(23,24)13-15-6-4-7-17(19)12-15/h4,6-7,12,14,16H,3,5,8-11,13H2,1-2H3,(H,20,22). The third kappa shape index (κ3) is 5.97. The molecule has 1 aromatic carbocycles. The molecule has 5 nitrogen and oxygen atoms in total. The minimum Gasteiger partial charge on any atom is -0.353 e. The molecule has 1 saturated heterocycles. The fraction of sp³-hybridized carbons (Fsp3) is 0.611. The molecular formula is C18H27ClN2O3S. The van der Waals surface area contributed by atoms with Crippen molar-refractivity contribution >= 4 is 27.5 Å². The lowest BCUT2D eigenvalue weighted by atomic mass is 9.96. The second-order valence-electron chi connectivity index (χ2n) is 6.76. The molecular weight excluding hydrogens is 360 g/mol. The first-order valence-corrected chi connectivity index (χ1v) is 10.8. The Balaban J connectivity index is 1.89. The maximum Gasteiger partial charge on any atom is 0.223 e. The molecule has 1 heterocycles. The lowest BCUT2D eigenvalue weighted by Crippen LogP contribution is -2.45. The van der Waals surface area contributed by atoms with Gasteiger partial charge >= 0.3 is 0 Å². The molecule has 0 spiro atoms. The average Bonchev–Trinajstić information content (AvgIpc) is 2.54. The van der Waals surface area contributed by atoms with Crippen LogP contribution in [0.2, 0.25) is 5.02 Å². The number of carbonyl (C=O) groups excluding carboxylic acids is 1. The van der Waals surface area contributed by atoms with Crippen molar-refractivity contribution in [1.29, 1.82) is 0 Å². The number of sulfonamides is 1. The van der Waals surface area contributed by atoms with Gasteiger partial charge in [0.25, 0.3) is 0 Å². The highest BCUT2D eigenvalue weighted by Gasteiger charge is 2.31. The number of hydrogen-bond donors (Lipinski definition) is 1. The van der Waals surface area contributed by atoms with Crippen molar-refractivity contribution in [2.75, 3.05) is 13.1 Å². The van der Waals surface area contributed by atoms with Crippen LogP contribution in [-0.2, 0) is 20.6 Å². The average molecular weight is 387 g/mol. The van der Waals surface area contributed by atoms with Gasteiger partial charge in [0.15, 0.2) is 0 Å². The molecule has 1 aromatic rings. The molecule has 0 aliphatic carbocycles. The highest BCUT2D eigenvalue weighted by molar-refractivity contribution is 7.88. The summed E-state index contributed by atoms with van der Waals surface area (Å²) >= 11 is 5.92. The largest absolute Gasteiger partial charge is 0.353 e. The number of amides is 1. The van der Waals surface area contributed by atoms with E-state index in [0.29, 0.717) is 36.5 Å². The normalized spacial score (nSPS) is 18.0. The van der Waals surface area contributed by atoms with Crippen LogP contribution in [0.15, 0.2) is 24.3 Å². The summed E-state index contributed by atoms with van der Waals surface area (Å²) in [5.74, 6) is -0.109. The molecule has 1 amide bonds. The van der Waals surface area contributed by atoms with E-state index in [4.69, 9.17) is 11.6 Å². The number of halogens is 1. The zero-order valence-corrected chi connectivity index (χ0v) is 16.4. The Bertz CT molecular complexity index is 685. The predicted molar refractivity (Wildman–Crippen MR) is 101 cm³/mol. The van der Waals surface area contributed by atoms with Gasteiger partial charge in [-0.05, 0) is 43.9 Å². The van der Waals surface area contributed by atoms with Gasteiger partial charge in [0.1, 0.15) is 0 Å². The van der Waals surface area contributed by atoms with Crippen LogP contribution in [0.3, 0.4) is 0 Å². The van der Waals surface area contributed by atoms with Crippen molar-refractivity contribution in [2.45, 2.75) is 51.3 Å². The molecule has 1 N–H and O–H groups in total. The van der Waals surface area contributed by atoms with Crippen LogP contribution in [0.1, 0.15) is 45.1 Å². The molecule has 1 unspecified atom stereocenters. The number of benzene rings is 1. The summed E-state index contributed by atoms with van der Waals surface area (Å²) in [6, 6.07) is 7.08. The van der Waals surface area contributed by atoms with Crippen LogP contribution in [0, 0.1) is 5.92 Å². The number of carbonyl (C=O) groups is 1. The predicted octanol–water partition coefficient (Wildman–Crippen LogP) is 3.19. The third-order valence-corrected chi connectivity index (χ3v) is 6.65. The van der Waals surface area contributed by atoms with E-state index in [1.165, 1.54) is 4.31 Å². The number of rotatable bonds is 7. The van der Waals surface area contributed by atoms with Gasteiger partial charge in [-0.15, -0.1) is 0 Å². The summed E-state index contributed by atoms with van der Waals surface area (Å²) in [6.07, 6.45) is 3.12. The summed E-state index contributed by atoms with van der Waals surface area (Å²) in [6.45, 7) is 4.88. The Morgan fingerprint density at radius 1 is 1.36 bits per heavy atom. The number of hydrogen-bond acceptors (Lipinski definition) is 3. The topological polar surface area (TPSA) is 66.5 Å². The monoisotopic (exact) mass is 386 g/mol. The molecule has 1 fully saturated rings. The first kappa shape index (κ1) is 20.2. The fourth-order valence-corrected chi connectivity index (χ4v) is 4.95. The van der Waals surface area contributed by atoms with Gasteiger partial charge in [0.05, 0.1) is 5.75 Å². The van der Waals surface area contributed by atoms with Crippen molar-refractivity contribution in [3.05, 3.63) is 34.9 Å². The first-order valence-electron chi connectivity index (χ1n) is 8.84. The quantitative estimate of drug-likeness (QED) is 0.782. The number of nitrogens with zero attached hydrogens (tertiary/aromatic N) is 1. The first-order chi connectivity index (χ1) is 11.8. The molecule has 25 heavy (non-hydrogen) atoms. The van der Waals surface area contributed by atoms with E-state index in [1.54, 1.807) is 24.3 Å². The van der Waals surface area contributed by atoms with Gasteiger partial charge in [-0.3, -0.25) is 4.79 Å². The van der Waals surface area contributed by atoms with E-state index < -0.39 is 10.0 Å². The van der Waals surface area contributed by atoms with Crippen LogP contribution in [0.4, 0.5) is 0 Å². The molecule has 1 atom stereocenters. The van der Waals surface area contributed by atoms with Gasteiger partial charge in [0, 0.05) is 30.1 Å². The molecule has 0 radical (unpaired) electrons. The second kappa shape index (κ2) is 9.01. The molecule has 0 aromatic heterocycles. The second-order valence-corrected chi connectivity index (χ2v) is 9.16. The molecule has 140 valence electrons. The van der Waals surface area contributed by atoms with Crippen molar-refractivity contribution in [3.63, 3.8) is 0 Å². The van der Waals surface area contributed by atoms with E-state index >= 15 is 0 Å². The Hall–Kier alpha value is -1.11. The smallest absolute Gasteiger partial charge is 0.223 e. The Morgan fingerprint density at radius 2 is 2.04 bits per heavy atom. The fourth-order valence-electron chi connectivity index (χ4n) is 3.19. The summed E-state index contributed by atoms with van der Waals surface area (Å²) in [7, 11) is -3.39. The van der Waals surface area contributed by atoms with Crippen LogP contribution in [-0.4, -0.2) is 37.8 Å². The summed E-state index contributed by atoms with van der Waals surface area (Å²) in [5, 5.41) is 3.56. The van der Waals surface area contributed by atoms with E-state index in [2.05, 4.69) is 12.2 Å². The number of nitrogens with one attached hydrogen (secondary N) is 1. The van der Waals surface area contributed by atoms with E-state index in [0.717, 1.165) is 12.8 Å². The molecule has 7 heteroatoms. The molecule has 0 bridgehead atoms. The maximum absolute atomic E-state index is 12.6. The zero-order valence-electron chi connectivity index (χ0n) is 14.9. The minimum atomic E-state index is -3.39. The summed E-state index contributed by atoms with van der Waals surface area (Å²) in [5.41, 5.74) is 0.681. The van der Waals surface area contributed by atoms with Gasteiger partial charge in [-0.25, -0.2) is 12.7 Å². The molecule has 0 saturated carbocycles. The zero-order chi connectivity index (χ0) is 18.4. The highest BCUT2D eigenvalue weighted by atomic mass is 35.5. The van der Waals surface area contributed by atoms with Crippen molar-refractivity contribution in [2.24, 2.45) is 5.92 Å². The minimum absolute atomic E-state index is 0.0489. The summed E-state index contributed by atoms with van der Waals surface area (Å²) < 4.78 is 26.7. The lowest BCUT2D eigenvalue weighted by Gasteiger charge is -2.31. The van der Waals surface area contributed by atoms with E-state index in [9.17, 15) is 13.2 Å². The Kier molecular flexibility index (Phi) is 7.28. The maximum atomic E-state index is 12.6. The van der Waals surface area contributed by atoms with E-state index in [-0.39, 0.29) is 23.6 Å². The van der Waals surface area contributed by atoms with E-state index in [1.807, 2.05) is 6.92 Å². The lowest BCUT2D eigenvalue weighted by molar-refractivity contribution is -0.126. The van der Waals surface area contributed by atoms with Crippen LogP contribution in [0.5, 0.6) is 0 Å². The van der Waals surface area contributed by atoms with Gasteiger partial charge in [0.2, 0.25) is 15.9 Å². The van der Waals surface area contributed by atoms with Crippen molar-refractivity contribution in [3.8, 4) is 0 Å². The summed E-state index contributed by atoms with van der Waals surface area (Å²) in [4.78, 5) is 12.3. The highest BCUT2D eigenvalue weighted by Crippen LogP contribution is 2.23.